The molecule has 0 unspecified atom stereocenters. The van der Waals surface area contributed by atoms with Crippen molar-refractivity contribution in [2.75, 3.05) is 12.5 Å². The van der Waals surface area contributed by atoms with E-state index >= 15 is 0 Å². The highest BCUT2D eigenvalue weighted by Gasteiger charge is 1.89. The first-order valence-electron chi connectivity index (χ1n) is 1.82. The first kappa shape index (κ1) is 3.39. The number of H-pyrrole nitrogens is 1. The summed E-state index contributed by atoms with van der Waals surface area (Å²) in [6, 6.07) is 0. The van der Waals surface area contributed by atoms with Crippen LogP contribution in [0.5, 0.6) is 0 Å². The minimum absolute atomic E-state index is 1.75. The molecule has 2 N–H and O–H groups in total. The molecule has 0 fully saturated rings. The van der Waals surface area contributed by atoms with Crippen LogP contribution in [0.1, 0.15) is 0 Å². The van der Waals surface area contributed by atoms with Crippen LogP contribution >= 0.6 is 0 Å². The van der Waals surface area contributed by atoms with Crippen LogP contribution in [0.4, 0.5) is 0 Å². The lowest BCUT2D eigenvalue weighted by atomic mass is 11.5. The number of nitrogens with zero attached hydrogens (tertiary/aromatic N) is 2. The monoisotopic (exact) mass is 88.1 g/mol. The molecule has 0 amide bonds. The molecule has 1 aromatic heterocycles. The van der Waals surface area contributed by atoms with E-state index in [1.54, 1.807) is 4.91 Å². The molecule has 0 aromatic carbocycles. The minimum Gasteiger partial charge on any atom is -0.297 e. The Balaban J connectivity index is 2.45. The van der Waals surface area contributed by atoms with Gasteiger partial charge in [0.1, 0.15) is 0 Å². The first-order valence-corrected chi connectivity index (χ1v) is 1.82. The number of aromatic amines is 1. The largest absolute Gasteiger partial charge is 0.297 e. The molecule has 0 saturated carbocycles. The van der Waals surface area contributed by atoms with Crippen LogP contribution < -0.4 is 5.43 Å². The molecule has 36 valence electrons. The Labute approximate surface area is 35.6 Å². The Morgan fingerprint density at radius 1 is 1.67 bits per heavy atom. The smallest absolute Gasteiger partial charge is 0.0505 e. The Hall–Kier alpha value is -0.800. The molecule has 4 heteroatoms. The molecule has 1 rings (SSSR count). The van der Waals surface area contributed by atoms with E-state index in [4.69, 9.17) is 0 Å². The second-order valence-corrected chi connectivity index (χ2v) is 1.16. The van der Waals surface area contributed by atoms with Crippen molar-refractivity contribution in [2.24, 2.45) is 7.05 Å². The Morgan fingerprint density at radius 3 is 2.17 bits per heavy atom. The summed E-state index contributed by atoms with van der Waals surface area (Å²) in [4.78, 5) is 3.57. The van der Waals surface area contributed by atoms with Crippen molar-refractivity contribution < 1.29 is 0 Å². The van der Waals surface area contributed by atoms with Crippen LogP contribution in [0.25, 0.3) is 0 Å². The highest BCUT2D eigenvalue weighted by atomic mass is 15.9. The van der Waals surface area contributed by atoms with Crippen LogP contribution in [0, 0.1) is 0 Å². The molecule has 0 aliphatic carbocycles. The SMILES string of the molecule is CNn1[nH]n1C. The molecule has 0 aliphatic heterocycles. The Kier molecular flexibility index (Phi) is 0.469. The van der Waals surface area contributed by atoms with E-state index in [0.717, 1.165) is 0 Å². The number of rotatable bonds is 1. The Bertz CT molecular complexity index is 112. The summed E-state index contributed by atoms with van der Waals surface area (Å²) in [6.07, 6.45) is 0. The third-order valence-electron chi connectivity index (χ3n) is 0.712. The zero-order chi connectivity index (χ0) is 4.57. The summed E-state index contributed by atoms with van der Waals surface area (Å²) in [5.41, 5.74) is 2.84. The van der Waals surface area contributed by atoms with Gasteiger partial charge < -0.3 is 0 Å². The molecular formula is C2H8N4. The molecular weight excluding hydrogens is 80.0 g/mol. The maximum Gasteiger partial charge on any atom is 0.0505 e. The fourth-order valence-corrected chi connectivity index (χ4v) is 0.317. The van der Waals surface area contributed by atoms with Crippen molar-refractivity contribution in [1.82, 2.24) is 14.9 Å². The zero-order valence-corrected chi connectivity index (χ0v) is 3.89. The van der Waals surface area contributed by atoms with Crippen LogP contribution in [-0.4, -0.2) is 22.0 Å². The maximum absolute atomic E-state index is 2.84. The van der Waals surface area contributed by atoms with E-state index < -0.39 is 0 Å². The highest BCUT2D eigenvalue weighted by molar-refractivity contribution is 4.47. The highest BCUT2D eigenvalue weighted by Crippen LogP contribution is 1.71. The van der Waals surface area contributed by atoms with Crippen LogP contribution in [-0.2, 0) is 7.05 Å². The summed E-state index contributed by atoms with van der Waals surface area (Å²) in [5.74, 6) is 0. The van der Waals surface area contributed by atoms with Gasteiger partial charge in [-0.05, 0) is 0 Å². The predicted octanol–water partition coefficient (Wildman–Crippen LogP) is -0.672. The molecule has 0 spiro atoms. The third kappa shape index (κ3) is 0.299. The lowest BCUT2D eigenvalue weighted by Gasteiger charge is -1.80. The normalized spacial score (nSPS) is 9.67. The van der Waals surface area contributed by atoms with Crippen molar-refractivity contribution >= 4 is 0 Å². The van der Waals surface area contributed by atoms with Gasteiger partial charge in [0.05, 0.1) is 7.05 Å². The summed E-state index contributed by atoms with van der Waals surface area (Å²) >= 11 is 0. The number of nitrogens with one attached hydrogen (secondary N) is 2. The van der Waals surface area contributed by atoms with Crippen molar-refractivity contribution in [1.29, 1.82) is 0 Å². The average Bonchev–Trinajstić information content (AvgIpc) is 2.19. The molecule has 1 aromatic rings. The van der Waals surface area contributed by atoms with Gasteiger partial charge in [0, 0.05) is 7.05 Å². The molecule has 0 radical (unpaired) electrons. The minimum atomic E-state index is 1.75. The fourth-order valence-electron chi connectivity index (χ4n) is 0.317. The summed E-state index contributed by atoms with van der Waals surface area (Å²) < 4.78 is 0. The van der Waals surface area contributed by atoms with E-state index in [1.165, 1.54) is 0 Å². The van der Waals surface area contributed by atoms with Crippen LogP contribution in [0.3, 0.4) is 0 Å². The number of aromatic nitrogens is 3. The Morgan fingerprint density at radius 2 is 2.17 bits per heavy atom. The van der Waals surface area contributed by atoms with Gasteiger partial charge in [-0.15, -0.1) is 4.91 Å². The number of hydrogen-bond acceptors (Lipinski definition) is 1. The van der Waals surface area contributed by atoms with Gasteiger partial charge in [0.2, 0.25) is 0 Å². The molecule has 0 saturated heterocycles. The second-order valence-electron chi connectivity index (χ2n) is 1.16. The van der Waals surface area contributed by atoms with E-state index in [0.29, 0.717) is 0 Å². The predicted molar refractivity (Wildman–Crippen MR) is 23.0 cm³/mol. The lowest BCUT2D eigenvalue weighted by molar-refractivity contribution is 0.786. The average molecular weight is 88.1 g/mol. The van der Waals surface area contributed by atoms with Gasteiger partial charge >= 0.3 is 0 Å². The molecule has 0 aliphatic rings. The fraction of sp³-hybridized carbons (Fsp3) is 1.00. The summed E-state index contributed by atoms with van der Waals surface area (Å²) in [6.45, 7) is 0. The van der Waals surface area contributed by atoms with Crippen molar-refractivity contribution in [3.8, 4) is 0 Å². The quantitative estimate of drug-likeness (QED) is 0.469. The summed E-state index contributed by atoms with van der Waals surface area (Å²) in [7, 11) is 3.76. The van der Waals surface area contributed by atoms with Crippen molar-refractivity contribution in [2.45, 2.75) is 0 Å². The van der Waals surface area contributed by atoms with Gasteiger partial charge in [0.25, 0.3) is 0 Å². The topological polar surface area (TPSA) is 37.7 Å². The van der Waals surface area contributed by atoms with Gasteiger partial charge in [-0.1, -0.05) is 0 Å². The van der Waals surface area contributed by atoms with E-state index in [-0.39, 0.29) is 0 Å². The first-order chi connectivity index (χ1) is 2.84. The standard InChI is InChI=1S/C2H8N4/c1-3-6-4-5(6)2/h3-4H,1-2H3. The molecule has 4 nitrogen and oxygen atoms in total. The second kappa shape index (κ2) is 0.830. The van der Waals surface area contributed by atoms with Crippen LogP contribution in [0.15, 0.2) is 0 Å². The van der Waals surface area contributed by atoms with Crippen molar-refractivity contribution in [3.05, 3.63) is 0 Å². The molecule has 1 heterocycles. The van der Waals surface area contributed by atoms with Gasteiger partial charge in [0.15, 0.2) is 0 Å². The molecule has 6 heavy (non-hydrogen) atoms. The lowest BCUT2D eigenvalue weighted by Crippen LogP contribution is -2.01. The van der Waals surface area contributed by atoms with E-state index in [9.17, 15) is 0 Å². The molecule has 0 bridgehead atoms. The van der Waals surface area contributed by atoms with Gasteiger partial charge in [-0.2, -0.15) is 10.0 Å². The van der Waals surface area contributed by atoms with Crippen LogP contribution in [0.2, 0.25) is 0 Å². The van der Waals surface area contributed by atoms with E-state index in [1.807, 2.05) is 18.9 Å². The van der Waals surface area contributed by atoms with Crippen molar-refractivity contribution in [3.63, 3.8) is 0 Å². The van der Waals surface area contributed by atoms with Gasteiger partial charge in [-0.25, -0.2) is 0 Å². The van der Waals surface area contributed by atoms with E-state index in [2.05, 4.69) is 10.6 Å². The maximum atomic E-state index is 2.84. The number of hydrogen-bond donors (Lipinski definition) is 2. The zero-order valence-electron chi connectivity index (χ0n) is 3.89. The summed E-state index contributed by atoms with van der Waals surface area (Å²) in [5, 5.41) is 2.84. The molecule has 0 atom stereocenters. The third-order valence-corrected chi connectivity index (χ3v) is 0.712. The van der Waals surface area contributed by atoms with Gasteiger partial charge in [-0.3, -0.25) is 5.43 Å². The number of aryl methyl sites for hydroxylation is 1.